The second-order valence-electron chi connectivity index (χ2n) is 5.89. The number of hydrogen-bond donors (Lipinski definition) is 1. The van der Waals surface area contributed by atoms with Crippen molar-refractivity contribution in [3.63, 3.8) is 0 Å². The van der Waals surface area contributed by atoms with Gasteiger partial charge in [0.1, 0.15) is 0 Å². The van der Waals surface area contributed by atoms with Crippen LogP contribution in [0.2, 0.25) is 0 Å². The van der Waals surface area contributed by atoms with Gasteiger partial charge in [-0.1, -0.05) is 20.8 Å². The summed E-state index contributed by atoms with van der Waals surface area (Å²) < 4.78 is 0. The van der Waals surface area contributed by atoms with E-state index in [0.29, 0.717) is 5.41 Å². The summed E-state index contributed by atoms with van der Waals surface area (Å²) in [5.74, 6) is 1.89. The molecule has 2 aliphatic rings. The average Bonchev–Trinajstić information content (AvgIpc) is 2.63. The van der Waals surface area contributed by atoms with Crippen LogP contribution in [-0.2, 0) is 0 Å². The van der Waals surface area contributed by atoms with Gasteiger partial charge in [0.05, 0.1) is 0 Å². The zero-order chi connectivity index (χ0) is 10.2. The van der Waals surface area contributed by atoms with Crippen molar-refractivity contribution in [1.82, 2.24) is 10.2 Å². The molecule has 2 heterocycles. The Morgan fingerprint density at radius 3 is 2.29 bits per heavy atom. The van der Waals surface area contributed by atoms with Gasteiger partial charge >= 0.3 is 0 Å². The van der Waals surface area contributed by atoms with Crippen LogP contribution in [0, 0.1) is 17.3 Å². The van der Waals surface area contributed by atoms with E-state index in [4.69, 9.17) is 0 Å². The van der Waals surface area contributed by atoms with Gasteiger partial charge in [0, 0.05) is 19.6 Å². The first-order chi connectivity index (χ1) is 6.61. The molecule has 2 rings (SSSR count). The molecule has 0 aromatic rings. The quantitative estimate of drug-likeness (QED) is 0.737. The van der Waals surface area contributed by atoms with Crippen LogP contribution < -0.4 is 5.32 Å². The molecule has 0 aliphatic carbocycles. The zero-order valence-corrected chi connectivity index (χ0v) is 9.84. The summed E-state index contributed by atoms with van der Waals surface area (Å²) in [6.45, 7) is 13.6. The molecule has 2 nitrogen and oxygen atoms in total. The van der Waals surface area contributed by atoms with Gasteiger partial charge in [-0.2, -0.15) is 0 Å². The smallest absolute Gasteiger partial charge is 0.00328 e. The summed E-state index contributed by atoms with van der Waals surface area (Å²) in [5.41, 5.74) is 0.506. The fourth-order valence-corrected chi connectivity index (χ4v) is 2.80. The highest BCUT2D eigenvalue weighted by molar-refractivity contribution is 4.92. The van der Waals surface area contributed by atoms with E-state index < -0.39 is 0 Å². The van der Waals surface area contributed by atoms with Gasteiger partial charge in [-0.05, 0) is 36.8 Å². The number of nitrogens with one attached hydrogen (secondary N) is 1. The molecule has 0 radical (unpaired) electrons. The maximum absolute atomic E-state index is 3.49. The van der Waals surface area contributed by atoms with E-state index in [9.17, 15) is 0 Å². The number of nitrogens with zero attached hydrogens (tertiary/aromatic N) is 1. The molecule has 2 heteroatoms. The Labute approximate surface area is 88.1 Å². The lowest BCUT2D eigenvalue weighted by molar-refractivity contribution is 0.193. The first-order valence-corrected chi connectivity index (χ1v) is 6.04. The Bertz CT molecular complexity index is 188. The van der Waals surface area contributed by atoms with Crippen LogP contribution in [0.25, 0.3) is 0 Å². The molecule has 0 aromatic carbocycles. The highest BCUT2D eigenvalue weighted by Gasteiger charge is 2.37. The minimum atomic E-state index is 0.506. The molecule has 2 fully saturated rings. The topological polar surface area (TPSA) is 15.3 Å². The van der Waals surface area contributed by atoms with E-state index >= 15 is 0 Å². The van der Waals surface area contributed by atoms with E-state index in [1.807, 2.05) is 0 Å². The summed E-state index contributed by atoms with van der Waals surface area (Å²) in [5, 5.41) is 3.49. The highest BCUT2D eigenvalue weighted by Crippen LogP contribution is 2.30. The molecule has 2 atom stereocenters. The van der Waals surface area contributed by atoms with Gasteiger partial charge < -0.3 is 10.2 Å². The Balaban J connectivity index is 1.84. The third-order valence-corrected chi connectivity index (χ3v) is 4.07. The normalized spacial score (nSPS) is 33.6. The molecule has 0 amide bonds. The van der Waals surface area contributed by atoms with Crippen LogP contribution in [-0.4, -0.2) is 37.6 Å². The molecular formula is C12H24N2. The van der Waals surface area contributed by atoms with Crippen molar-refractivity contribution in [1.29, 1.82) is 0 Å². The van der Waals surface area contributed by atoms with Gasteiger partial charge in [0.15, 0.2) is 0 Å². The van der Waals surface area contributed by atoms with Gasteiger partial charge in [0.2, 0.25) is 0 Å². The lowest BCUT2D eigenvalue weighted by atomic mass is 9.90. The van der Waals surface area contributed by atoms with Crippen molar-refractivity contribution < 1.29 is 0 Å². The first kappa shape index (κ1) is 10.4. The maximum atomic E-state index is 3.49. The third-order valence-electron chi connectivity index (χ3n) is 4.07. The minimum Gasteiger partial charge on any atom is -0.316 e. The molecule has 0 saturated carbocycles. The Kier molecular flexibility index (Phi) is 2.85. The molecule has 2 unspecified atom stereocenters. The van der Waals surface area contributed by atoms with Crippen LogP contribution in [0.1, 0.15) is 27.2 Å². The predicted molar refractivity (Wildman–Crippen MR) is 60.4 cm³/mol. The monoisotopic (exact) mass is 196 g/mol. The van der Waals surface area contributed by atoms with Crippen molar-refractivity contribution in [3.8, 4) is 0 Å². The molecule has 14 heavy (non-hydrogen) atoms. The van der Waals surface area contributed by atoms with Crippen LogP contribution in [0.3, 0.4) is 0 Å². The Hall–Kier alpha value is -0.0800. The van der Waals surface area contributed by atoms with Crippen molar-refractivity contribution >= 4 is 0 Å². The fraction of sp³-hybridized carbons (Fsp3) is 1.00. The second-order valence-corrected chi connectivity index (χ2v) is 5.89. The Morgan fingerprint density at radius 1 is 1.21 bits per heavy atom. The minimum absolute atomic E-state index is 0.506. The Morgan fingerprint density at radius 2 is 1.79 bits per heavy atom. The van der Waals surface area contributed by atoms with Crippen molar-refractivity contribution in [2.45, 2.75) is 27.2 Å². The van der Waals surface area contributed by atoms with E-state index in [0.717, 1.165) is 11.8 Å². The number of fused-ring (bicyclic) bond motifs is 1. The average molecular weight is 196 g/mol. The van der Waals surface area contributed by atoms with Crippen LogP contribution in [0.4, 0.5) is 0 Å². The molecule has 1 N–H and O–H groups in total. The van der Waals surface area contributed by atoms with E-state index in [2.05, 4.69) is 31.0 Å². The molecule has 0 aromatic heterocycles. The highest BCUT2D eigenvalue weighted by atomic mass is 15.2. The van der Waals surface area contributed by atoms with Gasteiger partial charge in [-0.3, -0.25) is 0 Å². The van der Waals surface area contributed by atoms with E-state index in [-0.39, 0.29) is 0 Å². The lowest BCUT2D eigenvalue weighted by Crippen LogP contribution is -2.34. The fourth-order valence-electron chi connectivity index (χ4n) is 2.80. The van der Waals surface area contributed by atoms with Gasteiger partial charge in [0.25, 0.3) is 0 Å². The summed E-state index contributed by atoms with van der Waals surface area (Å²) in [4.78, 5) is 2.68. The third kappa shape index (κ3) is 2.12. The number of hydrogen-bond acceptors (Lipinski definition) is 2. The second kappa shape index (κ2) is 3.82. The van der Waals surface area contributed by atoms with Crippen molar-refractivity contribution in [2.24, 2.45) is 17.3 Å². The number of rotatable bonds is 3. The van der Waals surface area contributed by atoms with Crippen molar-refractivity contribution in [2.75, 3.05) is 32.7 Å². The lowest BCUT2D eigenvalue weighted by Gasteiger charge is -2.29. The summed E-state index contributed by atoms with van der Waals surface area (Å²) >= 11 is 0. The van der Waals surface area contributed by atoms with E-state index in [1.54, 1.807) is 0 Å². The molecular weight excluding hydrogens is 172 g/mol. The molecule has 2 aliphatic heterocycles. The molecule has 0 spiro atoms. The number of likely N-dealkylation sites (tertiary alicyclic amines) is 1. The molecule has 82 valence electrons. The SMILES string of the molecule is CCC(C)(C)CN1CC2CNCC2C1. The first-order valence-electron chi connectivity index (χ1n) is 6.04. The molecule has 0 bridgehead atoms. The summed E-state index contributed by atoms with van der Waals surface area (Å²) in [7, 11) is 0. The maximum Gasteiger partial charge on any atom is 0.00328 e. The van der Waals surface area contributed by atoms with Gasteiger partial charge in [-0.25, -0.2) is 0 Å². The standard InChI is InChI=1S/C12H24N2/c1-4-12(2,3)9-14-7-10-5-13-6-11(10)8-14/h10-11,13H,4-9H2,1-3H3. The van der Waals surface area contributed by atoms with Crippen LogP contribution in [0.15, 0.2) is 0 Å². The van der Waals surface area contributed by atoms with Crippen LogP contribution in [0.5, 0.6) is 0 Å². The predicted octanol–water partition coefficient (Wildman–Crippen LogP) is 1.57. The van der Waals surface area contributed by atoms with Gasteiger partial charge in [-0.15, -0.1) is 0 Å². The van der Waals surface area contributed by atoms with E-state index in [1.165, 1.54) is 39.1 Å². The van der Waals surface area contributed by atoms with Crippen LogP contribution >= 0.6 is 0 Å². The summed E-state index contributed by atoms with van der Waals surface area (Å²) in [6, 6.07) is 0. The largest absolute Gasteiger partial charge is 0.316 e. The zero-order valence-electron chi connectivity index (χ0n) is 9.84. The van der Waals surface area contributed by atoms with Crippen molar-refractivity contribution in [3.05, 3.63) is 0 Å². The summed E-state index contributed by atoms with van der Waals surface area (Å²) in [6.07, 6.45) is 1.29. The molecule has 2 saturated heterocycles.